The largest absolute Gasteiger partial charge is 0.385 e. The van der Waals surface area contributed by atoms with Crippen molar-refractivity contribution in [1.29, 1.82) is 0 Å². The van der Waals surface area contributed by atoms with Gasteiger partial charge in [-0.2, -0.15) is 0 Å². The Labute approximate surface area is 107 Å². The lowest BCUT2D eigenvalue weighted by atomic mass is 10.3. The molecule has 2 unspecified atom stereocenters. The van der Waals surface area contributed by atoms with Crippen LogP contribution in [0.5, 0.6) is 0 Å². The molecule has 4 heteroatoms. The molecule has 1 aliphatic rings. The van der Waals surface area contributed by atoms with Gasteiger partial charge in [0.1, 0.15) is 0 Å². The van der Waals surface area contributed by atoms with Crippen molar-refractivity contribution in [1.82, 2.24) is 4.98 Å². The predicted octanol–water partition coefficient (Wildman–Crippen LogP) is 2.92. The fraction of sp³-hybridized carbons (Fsp3) is 0.615. The Hall–Kier alpha value is -0.740. The Balaban J connectivity index is 1.87. The van der Waals surface area contributed by atoms with Crippen LogP contribution in [0, 0.1) is 0 Å². The van der Waals surface area contributed by atoms with Crippen LogP contribution in [0.2, 0.25) is 0 Å². The maximum Gasteiger partial charge on any atom is 0.0666 e. The Kier molecular flexibility index (Phi) is 4.68. The molecular formula is C13H20N2OS. The van der Waals surface area contributed by atoms with Gasteiger partial charge in [0, 0.05) is 36.0 Å². The Morgan fingerprint density at radius 1 is 1.59 bits per heavy atom. The van der Waals surface area contributed by atoms with Crippen LogP contribution in [0.4, 0.5) is 5.69 Å². The van der Waals surface area contributed by atoms with Crippen LogP contribution < -0.4 is 5.32 Å². The maximum absolute atomic E-state index is 5.56. The maximum atomic E-state index is 5.56. The summed E-state index contributed by atoms with van der Waals surface area (Å²) in [7, 11) is 0. The smallest absolute Gasteiger partial charge is 0.0666 e. The zero-order chi connectivity index (χ0) is 12.1. The number of aromatic nitrogens is 1. The summed E-state index contributed by atoms with van der Waals surface area (Å²) in [6, 6.07) is 4.15. The van der Waals surface area contributed by atoms with Gasteiger partial charge in [-0.25, -0.2) is 0 Å². The first kappa shape index (κ1) is 12.7. The second-order valence-electron chi connectivity index (χ2n) is 4.28. The average Bonchev–Trinajstić information content (AvgIpc) is 2.73. The zero-order valence-electron chi connectivity index (χ0n) is 10.5. The van der Waals surface area contributed by atoms with E-state index in [0.29, 0.717) is 11.4 Å². The molecule has 1 aromatic heterocycles. The van der Waals surface area contributed by atoms with Crippen molar-refractivity contribution < 1.29 is 4.74 Å². The third-order valence-electron chi connectivity index (χ3n) is 2.95. The minimum Gasteiger partial charge on any atom is -0.385 e. The lowest BCUT2D eigenvalue weighted by molar-refractivity contribution is 0.127. The lowest BCUT2D eigenvalue weighted by Gasteiger charge is -2.13. The molecule has 2 rings (SSSR count). The molecular weight excluding hydrogens is 232 g/mol. The van der Waals surface area contributed by atoms with Gasteiger partial charge in [-0.15, -0.1) is 11.8 Å². The summed E-state index contributed by atoms with van der Waals surface area (Å²) >= 11 is 1.96. The first-order valence-corrected chi connectivity index (χ1v) is 7.26. The predicted molar refractivity (Wildman–Crippen MR) is 73.5 cm³/mol. The molecule has 3 nitrogen and oxygen atoms in total. The number of hydrogen-bond donors (Lipinski definition) is 1. The highest BCUT2D eigenvalue weighted by atomic mass is 32.2. The van der Waals surface area contributed by atoms with Crippen molar-refractivity contribution in [2.75, 3.05) is 18.5 Å². The summed E-state index contributed by atoms with van der Waals surface area (Å²) < 4.78 is 5.56. The van der Waals surface area contributed by atoms with Crippen LogP contribution in [0.1, 0.15) is 26.0 Å². The van der Waals surface area contributed by atoms with Crippen LogP contribution >= 0.6 is 11.8 Å². The molecule has 94 valence electrons. The molecule has 0 saturated carbocycles. The van der Waals surface area contributed by atoms with E-state index in [-0.39, 0.29) is 0 Å². The molecule has 1 fully saturated rings. The van der Waals surface area contributed by atoms with E-state index in [9.17, 15) is 0 Å². The molecule has 0 spiro atoms. The van der Waals surface area contributed by atoms with Crippen molar-refractivity contribution in [2.45, 2.75) is 37.4 Å². The van der Waals surface area contributed by atoms with E-state index in [0.717, 1.165) is 30.3 Å². The van der Waals surface area contributed by atoms with Crippen molar-refractivity contribution >= 4 is 17.4 Å². The molecule has 1 aliphatic heterocycles. The molecule has 0 amide bonds. The summed E-state index contributed by atoms with van der Waals surface area (Å²) in [5.41, 5.74) is 2.31. The number of nitrogens with one attached hydrogen (secondary N) is 1. The van der Waals surface area contributed by atoms with E-state index < -0.39 is 0 Å². The number of thioether (sulfide) groups is 1. The number of hydrogen-bond acceptors (Lipinski definition) is 4. The normalized spacial score (nSPS) is 23.9. The minimum absolute atomic E-state index is 0.386. The summed E-state index contributed by atoms with van der Waals surface area (Å²) in [5.74, 6) is 0.970. The quantitative estimate of drug-likeness (QED) is 0.873. The van der Waals surface area contributed by atoms with Gasteiger partial charge in [-0.3, -0.25) is 4.98 Å². The van der Waals surface area contributed by atoms with Crippen LogP contribution in [-0.2, 0) is 10.5 Å². The van der Waals surface area contributed by atoms with E-state index >= 15 is 0 Å². The monoisotopic (exact) mass is 252 g/mol. The van der Waals surface area contributed by atoms with Crippen LogP contribution in [0.3, 0.4) is 0 Å². The van der Waals surface area contributed by atoms with Gasteiger partial charge < -0.3 is 10.1 Å². The minimum atomic E-state index is 0.386. The zero-order valence-corrected chi connectivity index (χ0v) is 11.3. The van der Waals surface area contributed by atoms with E-state index in [4.69, 9.17) is 4.74 Å². The molecule has 0 bridgehead atoms. The molecule has 2 atom stereocenters. The average molecular weight is 252 g/mol. The van der Waals surface area contributed by atoms with Gasteiger partial charge in [0.2, 0.25) is 0 Å². The summed E-state index contributed by atoms with van der Waals surface area (Å²) in [5, 5.41) is 3.94. The lowest BCUT2D eigenvalue weighted by Crippen LogP contribution is -2.13. The fourth-order valence-electron chi connectivity index (χ4n) is 1.99. The number of rotatable bonds is 5. The standard InChI is InChI=1S/C13H20N2OS/c1-3-14-11-4-6-15-12(8-11)9-17-13-5-7-16-10(13)2/h4,6,8,10,13H,3,5,7,9H2,1-2H3,(H,14,15). The second-order valence-corrected chi connectivity index (χ2v) is 5.51. The summed E-state index contributed by atoms with van der Waals surface area (Å²) in [6.07, 6.45) is 3.43. The molecule has 1 N–H and O–H groups in total. The van der Waals surface area contributed by atoms with Gasteiger partial charge in [-0.1, -0.05) is 0 Å². The number of anilines is 1. The van der Waals surface area contributed by atoms with Crippen molar-refractivity contribution in [3.05, 3.63) is 24.0 Å². The molecule has 0 aromatic carbocycles. The Bertz CT molecular complexity index is 359. The van der Waals surface area contributed by atoms with Gasteiger partial charge in [0.05, 0.1) is 11.8 Å². The SMILES string of the molecule is CCNc1ccnc(CSC2CCOC2C)c1. The first-order valence-electron chi connectivity index (χ1n) is 6.21. The van der Waals surface area contributed by atoms with Gasteiger partial charge in [0.25, 0.3) is 0 Å². The van der Waals surface area contributed by atoms with Crippen molar-refractivity contribution in [2.24, 2.45) is 0 Å². The van der Waals surface area contributed by atoms with Gasteiger partial charge in [0.15, 0.2) is 0 Å². The molecule has 17 heavy (non-hydrogen) atoms. The molecule has 0 aliphatic carbocycles. The number of ether oxygens (including phenoxy) is 1. The molecule has 1 aromatic rings. The molecule has 2 heterocycles. The highest BCUT2D eigenvalue weighted by Gasteiger charge is 2.24. The third-order valence-corrected chi connectivity index (χ3v) is 4.46. The van der Waals surface area contributed by atoms with Gasteiger partial charge in [-0.05, 0) is 32.4 Å². The summed E-state index contributed by atoms with van der Waals surface area (Å²) in [4.78, 5) is 4.41. The van der Waals surface area contributed by atoms with Gasteiger partial charge >= 0.3 is 0 Å². The Morgan fingerprint density at radius 2 is 2.47 bits per heavy atom. The number of pyridine rings is 1. The van der Waals surface area contributed by atoms with E-state index in [1.54, 1.807) is 0 Å². The van der Waals surface area contributed by atoms with E-state index in [2.05, 4.69) is 30.2 Å². The highest BCUT2D eigenvalue weighted by Crippen LogP contribution is 2.28. The van der Waals surface area contributed by atoms with Crippen LogP contribution in [-0.4, -0.2) is 29.5 Å². The first-order chi connectivity index (χ1) is 8.29. The third kappa shape index (κ3) is 3.61. The van der Waals surface area contributed by atoms with Crippen LogP contribution in [0.25, 0.3) is 0 Å². The van der Waals surface area contributed by atoms with Crippen molar-refractivity contribution in [3.63, 3.8) is 0 Å². The van der Waals surface area contributed by atoms with E-state index in [1.807, 2.05) is 24.0 Å². The summed E-state index contributed by atoms with van der Waals surface area (Å²) in [6.45, 7) is 6.12. The number of nitrogens with zero attached hydrogens (tertiary/aromatic N) is 1. The van der Waals surface area contributed by atoms with Crippen molar-refractivity contribution in [3.8, 4) is 0 Å². The fourth-order valence-corrected chi connectivity index (χ4v) is 3.15. The second kappa shape index (κ2) is 6.26. The molecule has 0 radical (unpaired) electrons. The Morgan fingerprint density at radius 3 is 3.18 bits per heavy atom. The van der Waals surface area contributed by atoms with Crippen LogP contribution in [0.15, 0.2) is 18.3 Å². The highest BCUT2D eigenvalue weighted by molar-refractivity contribution is 7.99. The van der Waals surface area contributed by atoms with E-state index in [1.165, 1.54) is 6.42 Å². The molecule has 1 saturated heterocycles. The topological polar surface area (TPSA) is 34.2 Å².